The van der Waals surface area contributed by atoms with E-state index in [0.717, 1.165) is 6.07 Å². The summed E-state index contributed by atoms with van der Waals surface area (Å²) in [5.41, 5.74) is 2.79. The van der Waals surface area contributed by atoms with Crippen molar-refractivity contribution < 1.29 is 41.6 Å². The summed E-state index contributed by atoms with van der Waals surface area (Å²) < 4.78 is 53.2. The normalized spacial score (nSPS) is 18.2. The van der Waals surface area contributed by atoms with Crippen molar-refractivity contribution in [2.75, 3.05) is 24.5 Å². The fourth-order valence-corrected chi connectivity index (χ4v) is 4.51. The van der Waals surface area contributed by atoms with E-state index in [2.05, 4.69) is 10.3 Å². The molecule has 1 atom stereocenters. The Morgan fingerprint density at radius 2 is 1.82 bits per heavy atom. The van der Waals surface area contributed by atoms with Crippen molar-refractivity contribution >= 4 is 41.0 Å². The third-order valence-electron chi connectivity index (χ3n) is 6.64. The maximum absolute atomic E-state index is 14.8. The Labute approximate surface area is 230 Å². The second-order valence-corrected chi connectivity index (χ2v) is 9.62. The number of carbonyl (C=O) groups is 4. The number of nitrogens with zero attached hydrogens (tertiary/aromatic N) is 3. The number of anilines is 1. The maximum Gasteiger partial charge on any atom is 0.493 e. The Bertz CT molecular complexity index is 1410. The first kappa shape index (κ1) is 28.9. The van der Waals surface area contributed by atoms with Crippen molar-refractivity contribution in [3.63, 3.8) is 0 Å². The van der Waals surface area contributed by atoms with Crippen LogP contribution in [0.3, 0.4) is 0 Å². The molecule has 2 heterocycles. The lowest BCUT2D eigenvalue weighted by atomic mass is 9.94. The van der Waals surface area contributed by atoms with Crippen LogP contribution < -0.4 is 10.3 Å². The summed E-state index contributed by atoms with van der Waals surface area (Å²) in [6.07, 6.45) is -5.54. The van der Waals surface area contributed by atoms with E-state index in [4.69, 9.17) is 11.6 Å². The minimum absolute atomic E-state index is 0.00163. The molecule has 4 rings (SSSR count). The highest BCUT2D eigenvalue weighted by molar-refractivity contribution is 6.33. The lowest BCUT2D eigenvalue weighted by molar-refractivity contribution is -0.242. The zero-order valence-electron chi connectivity index (χ0n) is 21.2. The van der Waals surface area contributed by atoms with Gasteiger partial charge in [0.25, 0.3) is 5.91 Å². The number of carbonyl (C=O) groups excluding carboxylic acids is 4. The van der Waals surface area contributed by atoms with Crippen LogP contribution in [0.15, 0.2) is 53.7 Å². The molecule has 14 heteroatoms. The number of nitrogens with one attached hydrogen (secondary N) is 1. The van der Waals surface area contributed by atoms with Gasteiger partial charge in [0, 0.05) is 19.5 Å². The fraction of sp³-hybridized carbons (Fsp3) is 0.308. The first-order valence-electron chi connectivity index (χ1n) is 12.0. The highest BCUT2D eigenvalue weighted by atomic mass is 35.5. The van der Waals surface area contributed by atoms with Gasteiger partial charge in [0.15, 0.2) is 0 Å². The van der Waals surface area contributed by atoms with E-state index in [1.54, 1.807) is 24.3 Å². The second-order valence-electron chi connectivity index (χ2n) is 9.21. The molecule has 40 heavy (non-hydrogen) atoms. The Balaban J connectivity index is 1.55. The minimum Gasteiger partial charge on any atom is -0.327 e. The first-order chi connectivity index (χ1) is 18.8. The van der Waals surface area contributed by atoms with Crippen LogP contribution >= 0.6 is 11.6 Å². The van der Waals surface area contributed by atoms with Crippen LogP contribution in [-0.4, -0.2) is 59.6 Å². The van der Waals surface area contributed by atoms with Gasteiger partial charge in [0.05, 0.1) is 27.9 Å². The van der Waals surface area contributed by atoms with Crippen molar-refractivity contribution in [1.29, 1.82) is 0 Å². The highest BCUT2D eigenvalue weighted by Crippen LogP contribution is 2.29. The van der Waals surface area contributed by atoms with Gasteiger partial charge in [-0.25, -0.2) is 14.6 Å². The molecule has 0 spiro atoms. The molecule has 1 N–H and O–H groups in total. The Kier molecular flexibility index (Phi) is 8.05. The lowest BCUT2D eigenvalue weighted by Crippen LogP contribution is -2.52. The van der Waals surface area contributed by atoms with Gasteiger partial charge in [0.1, 0.15) is 12.4 Å². The van der Waals surface area contributed by atoms with E-state index in [0.29, 0.717) is 21.5 Å². The summed E-state index contributed by atoms with van der Waals surface area (Å²) in [5, 5.41) is 0.701. The molecule has 1 saturated heterocycles. The van der Waals surface area contributed by atoms with Crippen LogP contribution in [0.2, 0.25) is 5.02 Å². The number of allylic oxidation sites excluding steroid dienone is 1. The predicted molar refractivity (Wildman–Crippen MR) is 134 cm³/mol. The van der Waals surface area contributed by atoms with E-state index >= 15 is 0 Å². The van der Waals surface area contributed by atoms with Crippen LogP contribution in [0.4, 0.5) is 23.2 Å². The number of hydrogen-bond donors (Lipinski definition) is 1. The third-order valence-corrected chi connectivity index (χ3v) is 6.96. The number of halogens is 5. The number of rotatable bonds is 5. The summed E-state index contributed by atoms with van der Waals surface area (Å²) in [4.78, 5) is 56.6. The standard InChI is InChI=1S/C26H23ClF4N4O5/c1-14-15(2)23(37)32-35(40-25(39)26(29,30)31)21(14)12-16-7-8-19(28)17(11-16)24(38)33-9-10-34(22(36)13-33)20-6-4-3-5-18(20)27/h3-8,11,15H,9-10,12-13H2,1-2H3,(H,32,37). The number of para-hydroxylation sites is 1. The van der Waals surface area contributed by atoms with Crippen molar-refractivity contribution in [2.24, 2.45) is 5.92 Å². The average molecular weight is 583 g/mol. The smallest absolute Gasteiger partial charge is 0.327 e. The van der Waals surface area contributed by atoms with E-state index in [1.807, 2.05) is 0 Å². The molecule has 0 aliphatic carbocycles. The number of alkyl halides is 3. The zero-order valence-corrected chi connectivity index (χ0v) is 22.0. The first-order valence-corrected chi connectivity index (χ1v) is 12.4. The van der Waals surface area contributed by atoms with Crippen molar-refractivity contribution in [1.82, 2.24) is 15.5 Å². The molecule has 2 aromatic carbocycles. The number of piperazine rings is 1. The van der Waals surface area contributed by atoms with Crippen LogP contribution in [0.25, 0.3) is 0 Å². The quantitative estimate of drug-likeness (QED) is 0.539. The molecule has 9 nitrogen and oxygen atoms in total. The molecule has 0 saturated carbocycles. The van der Waals surface area contributed by atoms with Crippen LogP contribution in [-0.2, 0) is 25.6 Å². The Morgan fingerprint density at radius 1 is 1.12 bits per heavy atom. The van der Waals surface area contributed by atoms with Gasteiger partial charge in [-0.2, -0.15) is 13.2 Å². The van der Waals surface area contributed by atoms with Crippen LogP contribution in [0.5, 0.6) is 0 Å². The van der Waals surface area contributed by atoms with Gasteiger partial charge >= 0.3 is 12.1 Å². The number of hydroxylamine groups is 1. The summed E-state index contributed by atoms with van der Waals surface area (Å²) in [6, 6.07) is 10.2. The lowest BCUT2D eigenvalue weighted by Gasteiger charge is -2.35. The molecule has 3 amide bonds. The highest BCUT2D eigenvalue weighted by Gasteiger charge is 2.44. The molecular formula is C26H23ClF4N4O5. The maximum atomic E-state index is 14.8. The molecule has 212 valence electrons. The summed E-state index contributed by atoms with van der Waals surface area (Å²) in [6.45, 7) is 2.87. The zero-order chi connectivity index (χ0) is 29.4. The van der Waals surface area contributed by atoms with Gasteiger partial charge in [0.2, 0.25) is 11.8 Å². The van der Waals surface area contributed by atoms with Crippen LogP contribution in [0, 0.1) is 11.7 Å². The molecule has 2 aliphatic rings. The van der Waals surface area contributed by atoms with Gasteiger partial charge < -0.3 is 14.6 Å². The van der Waals surface area contributed by atoms with Crippen molar-refractivity contribution in [3.8, 4) is 0 Å². The number of hydrazine groups is 1. The summed E-state index contributed by atoms with van der Waals surface area (Å²) in [5.74, 6) is -6.07. The molecular weight excluding hydrogens is 560 g/mol. The van der Waals surface area contributed by atoms with Gasteiger partial charge in [-0.05, 0) is 49.2 Å². The number of amides is 3. The third kappa shape index (κ3) is 5.88. The number of benzene rings is 2. The summed E-state index contributed by atoms with van der Waals surface area (Å²) >= 11 is 6.19. The topological polar surface area (TPSA) is 99.3 Å². The molecule has 1 unspecified atom stereocenters. The SMILES string of the molecule is CC1=C(Cc2ccc(F)c(C(=O)N3CCN(c4ccccc4Cl)C(=O)C3)c2)N(OC(=O)C(F)(F)F)NC(=O)C1C. The number of hydrogen-bond acceptors (Lipinski definition) is 6. The van der Waals surface area contributed by atoms with Crippen LogP contribution in [0.1, 0.15) is 29.8 Å². The monoisotopic (exact) mass is 582 g/mol. The minimum atomic E-state index is -5.32. The van der Waals surface area contributed by atoms with Gasteiger partial charge in [-0.1, -0.05) is 29.8 Å². The molecule has 0 radical (unpaired) electrons. The van der Waals surface area contributed by atoms with Gasteiger partial charge in [-0.15, -0.1) is 5.17 Å². The molecule has 2 aromatic rings. The molecule has 0 bridgehead atoms. The predicted octanol–water partition coefficient (Wildman–Crippen LogP) is 3.79. The Morgan fingerprint density at radius 3 is 2.48 bits per heavy atom. The summed E-state index contributed by atoms with van der Waals surface area (Å²) in [7, 11) is 0. The molecule has 1 fully saturated rings. The van der Waals surface area contributed by atoms with Crippen molar-refractivity contribution in [2.45, 2.75) is 26.4 Å². The van der Waals surface area contributed by atoms with Crippen molar-refractivity contribution in [3.05, 3.63) is 75.7 Å². The van der Waals surface area contributed by atoms with E-state index in [9.17, 15) is 36.7 Å². The van der Waals surface area contributed by atoms with E-state index in [1.165, 1.54) is 35.8 Å². The second kappa shape index (κ2) is 11.2. The van der Waals surface area contributed by atoms with E-state index < -0.39 is 41.6 Å². The Hall–Kier alpha value is -4.13. The van der Waals surface area contributed by atoms with Gasteiger partial charge in [-0.3, -0.25) is 14.4 Å². The molecule has 2 aliphatic heterocycles. The van der Waals surface area contributed by atoms with E-state index in [-0.39, 0.29) is 42.9 Å². The fourth-order valence-electron chi connectivity index (χ4n) is 4.28. The molecule has 0 aromatic heterocycles. The average Bonchev–Trinajstić information content (AvgIpc) is 2.90. The largest absolute Gasteiger partial charge is 0.493 e.